The maximum absolute atomic E-state index is 13.8. The van der Waals surface area contributed by atoms with Gasteiger partial charge in [-0.25, -0.2) is 28.9 Å². The Kier molecular flexibility index (Phi) is 17.0. The van der Waals surface area contributed by atoms with Crippen LogP contribution in [-0.2, 0) is 48.4 Å². The smallest absolute Gasteiger partial charge is 0.414 e. The van der Waals surface area contributed by atoms with Gasteiger partial charge >= 0.3 is 30.3 Å². The highest BCUT2D eigenvalue weighted by molar-refractivity contribution is 6.08. The molecule has 2 atom stereocenters. The molecule has 0 bridgehead atoms. The van der Waals surface area contributed by atoms with E-state index in [1.165, 1.54) is 4.90 Å². The van der Waals surface area contributed by atoms with E-state index in [1.54, 1.807) is 41.3 Å². The van der Waals surface area contributed by atoms with Crippen LogP contribution >= 0.6 is 0 Å². The van der Waals surface area contributed by atoms with Crippen molar-refractivity contribution in [2.75, 3.05) is 32.7 Å². The molecule has 0 saturated carbocycles. The summed E-state index contributed by atoms with van der Waals surface area (Å²) in [5.74, 6) is -1.94. The molecule has 2 heterocycles. The van der Waals surface area contributed by atoms with Crippen LogP contribution in [0.25, 0.3) is 0 Å². The van der Waals surface area contributed by atoms with E-state index in [1.807, 2.05) is 82.3 Å². The fraction of sp³-hybridized carbons (Fsp3) is 0.444. The molecular weight excluding hydrogens is 785 g/mol. The number of imide groups is 1. The molecule has 61 heavy (non-hydrogen) atoms. The minimum absolute atomic E-state index is 0.00953. The Bertz CT molecular complexity index is 1890. The van der Waals surface area contributed by atoms with Crippen molar-refractivity contribution < 1.29 is 47.7 Å². The number of hydrogen-bond acceptors (Lipinski definition) is 11. The van der Waals surface area contributed by atoms with Gasteiger partial charge in [-0.15, -0.1) is 0 Å². The third-order valence-electron chi connectivity index (χ3n) is 10.3. The number of nitrogens with zero attached hydrogens (tertiary/aromatic N) is 4. The van der Waals surface area contributed by atoms with Gasteiger partial charge < -0.3 is 28.7 Å². The minimum Gasteiger partial charge on any atom is -0.459 e. The highest BCUT2D eigenvalue weighted by Gasteiger charge is 2.56. The van der Waals surface area contributed by atoms with Crippen molar-refractivity contribution in [2.24, 2.45) is 22.7 Å². The number of nitrogens with one attached hydrogen (secondary N) is 2. The van der Waals surface area contributed by atoms with Crippen molar-refractivity contribution in [3.8, 4) is 0 Å². The summed E-state index contributed by atoms with van der Waals surface area (Å²) >= 11 is 0. The van der Waals surface area contributed by atoms with Gasteiger partial charge in [-0.1, -0.05) is 125 Å². The summed E-state index contributed by atoms with van der Waals surface area (Å²) in [6, 6.07) is 25.5. The van der Waals surface area contributed by atoms with Crippen molar-refractivity contribution in [3.63, 3.8) is 0 Å². The van der Waals surface area contributed by atoms with Crippen LogP contribution in [0, 0.1) is 17.8 Å². The van der Waals surface area contributed by atoms with Gasteiger partial charge in [0.05, 0.1) is 5.92 Å². The maximum atomic E-state index is 13.8. The Labute approximate surface area is 356 Å². The van der Waals surface area contributed by atoms with E-state index in [0.29, 0.717) is 12.8 Å². The second kappa shape index (κ2) is 22.8. The normalized spacial score (nSPS) is 16.1. The van der Waals surface area contributed by atoms with E-state index in [0.717, 1.165) is 21.6 Å². The number of piperazine rings is 1. The number of carbonyl (C=O) groups excluding carboxylic acids is 6. The van der Waals surface area contributed by atoms with Crippen LogP contribution in [0.2, 0.25) is 0 Å². The largest absolute Gasteiger partial charge is 0.459 e. The highest BCUT2D eigenvalue weighted by atomic mass is 16.6. The number of rotatable bonds is 15. The third-order valence-corrected chi connectivity index (χ3v) is 10.3. The molecule has 6 amide bonds. The summed E-state index contributed by atoms with van der Waals surface area (Å²) in [4.78, 5) is 87.7. The summed E-state index contributed by atoms with van der Waals surface area (Å²) in [7, 11) is 0. The summed E-state index contributed by atoms with van der Waals surface area (Å²) in [6.07, 6.45) is -1.36. The Hall–Kier alpha value is -6.45. The Morgan fingerprint density at radius 3 is 1.59 bits per heavy atom. The number of benzene rings is 3. The van der Waals surface area contributed by atoms with Crippen molar-refractivity contribution in [1.29, 1.82) is 0 Å². The zero-order chi connectivity index (χ0) is 43.7. The molecule has 16 heteroatoms. The number of ether oxygens (including phenoxy) is 4. The van der Waals surface area contributed by atoms with E-state index in [2.05, 4.69) is 15.6 Å². The van der Waals surface area contributed by atoms with Gasteiger partial charge in [0.25, 0.3) is 0 Å². The lowest BCUT2D eigenvalue weighted by atomic mass is 9.83. The molecule has 0 aliphatic carbocycles. The summed E-state index contributed by atoms with van der Waals surface area (Å²) in [6.45, 7) is 8.78. The molecule has 0 spiro atoms. The fourth-order valence-corrected chi connectivity index (χ4v) is 7.08. The van der Waals surface area contributed by atoms with Crippen molar-refractivity contribution in [2.45, 2.75) is 78.9 Å². The molecule has 2 fully saturated rings. The molecule has 0 aromatic heterocycles. The van der Waals surface area contributed by atoms with E-state index in [9.17, 15) is 28.8 Å². The predicted molar refractivity (Wildman–Crippen MR) is 225 cm³/mol. The number of likely N-dealkylation sites (tertiary alicyclic amines) is 1. The Morgan fingerprint density at radius 2 is 1.11 bits per heavy atom. The lowest BCUT2D eigenvalue weighted by Crippen LogP contribution is -2.69. The van der Waals surface area contributed by atoms with Gasteiger partial charge in [0.1, 0.15) is 25.9 Å². The molecule has 0 radical (unpaired) electrons. The molecule has 5 rings (SSSR count). The number of unbranched alkanes of at least 4 members (excludes halogenated alkanes) is 1. The SMILES string of the molecule is CC(C)C(OC(=O)N1CCN(C(=O)N2C(=O)[C@H](CCCCN=C(NC(=O)OCc3ccccc3)NC(=O)OCc3ccccc3)C2C(=O)OCc2ccccc2)CC1)C(C)C. The van der Waals surface area contributed by atoms with Crippen molar-refractivity contribution >= 4 is 42.1 Å². The van der Waals surface area contributed by atoms with Crippen LogP contribution in [0.3, 0.4) is 0 Å². The number of hydrogen-bond donors (Lipinski definition) is 2. The molecule has 3 aromatic rings. The summed E-state index contributed by atoms with van der Waals surface area (Å²) < 4.78 is 22.0. The molecule has 3 aromatic carbocycles. The molecular formula is C45H56N6O10. The van der Waals surface area contributed by atoms with E-state index in [4.69, 9.17) is 18.9 Å². The van der Waals surface area contributed by atoms with Gasteiger partial charge in [0.2, 0.25) is 11.9 Å². The molecule has 2 aliphatic heterocycles. The summed E-state index contributed by atoms with van der Waals surface area (Å²) in [5.41, 5.74) is 2.28. The molecule has 2 aliphatic rings. The van der Waals surface area contributed by atoms with E-state index >= 15 is 0 Å². The van der Waals surface area contributed by atoms with Crippen LogP contribution < -0.4 is 10.6 Å². The Morgan fingerprint density at radius 1 is 0.656 bits per heavy atom. The minimum atomic E-state index is -1.15. The average Bonchev–Trinajstić information content (AvgIpc) is 3.26. The first-order chi connectivity index (χ1) is 29.4. The van der Waals surface area contributed by atoms with Gasteiger partial charge in [-0.3, -0.25) is 20.4 Å². The number of aliphatic imine (C=N–C) groups is 1. The molecule has 2 saturated heterocycles. The first-order valence-corrected chi connectivity index (χ1v) is 20.7. The standard InChI is InChI=1S/C45H56N6O10/c1-31(2)38(32(3)4)61-45(57)50-26-24-49(25-27-50)44(56)51-37(40(53)58-28-33-16-8-5-9-17-33)36(39(51)52)22-14-15-23-46-41(47-42(54)59-29-34-18-10-6-11-19-34)48-43(55)60-30-35-20-12-7-13-21-35/h5-13,16-21,31-32,36-38H,14-15,22-30H2,1-4H3,(H2,46,47,48,54,55)/t36-,37?/m1/s1. The zero-order valence-electron chi connectivity index (χ0n) is 35.2. The topological polar surface area (TPSA) is 185 Å². The second-order valence-electron chi connectivity index (χ2n) is 15.5. The van der Waals surface area contributed by atoms with Gasteiger partial charge in [-0.2, -0.15) is 0 Å². The second-order valence-corrected chi connectivity index (χ2v) is 15.5. The zero-order valence-corrected chi connectivity index (χ0v) is 35.2. The van der Waals surface area contributed by atoms with Crippen LogP contribution in [0.15, 0.2) is 96.0 Å². The predicted octanol–water partition coefficient (Wildman–Crippen LogP) is 6.49. The number of guanidine groups is 1. The van der Waals surface area contributed by atoms with E-state index < -0.39 is 48.1 Å². The van der Waals surface area contributed by atoms with Gasteiger partial charge in [0, 0.05) is 32.7 Å². The number of urea groups is 1. The average molecular weight is 841 g/mol. The maximum Gasteiger partial charge on any atom is 0.414 e. The lowest BCUT2D eigenvalue weighted by Gasteiger charge is -2.46. The monoisotopic (exact) mass is 840 g/mol. The Balaban J connectivity index is 1.18. The van der Waals surface area contributed by atoms with Crippen LogP contribution in [-0.4, -0.2) is 102 Å². The fourth-order valence-electron chi connectivity index (χ4n) is 7.08. The van der Waals surface area contributed by atoms with Crippen molar-refractivity contribution in [3.05, 3.63) is 108 Å². The van der Waals surface area contributed by atoms with Gasteiger partial charge in [0.15, 0.2) is 6.04 Å². The quantitative estimate of drug-likeness (QED) is 0.0428. The van der Waals surface area contributed by atoms with Crippen LogP contribution in [0.1, 0.15) is 63.6 Å². The van der Waals surface area contributed by atoms with Gasteiger partial charge in [-0.05, 0) is 41.4 Å². The third kappa shape index (κ3) is 13.5. The number of amides is 6. The van der Waals surface area contributed by atoms with Crippen LogP contribution in [0.4, 0.5) is 19.2 Å². The van der Waals surface area contributed by atoms with E-state index in [-0.39, 0.29) is 82.9 Å². The van der Waals surface area contributed by atoms with Crippen LogP contribution in [0.5, 0.6) is 0 Å². The molecule has 1 unspecified atom stereocenters. The number of carbonyl (C=O) groups is 6. The number of alkyl carbamates (subject to hydrolysis) is 2. The first kappa shape index (κ1) is 45.6. The van der Waals surface area contributed by atoms with Crippen molar-refractivity contribution in [1.82, 2.24) is 25.3 Å². The molecule has 326 valence electrons. The number of esters is 1. The lowest BCUT2D eigenvalue weighted by molar-refractivity contribution is -0.171. The summed E-state index contributed by atoms with van der Waals surface area (Å²) in [5, 5.41) is 4.91. The highest BCUT2D eigenvalue weighted by Crippen LogP contribution is 2.34. The number of β-lactam (4-membered cyclic amide) rings is 1. The molecule has 2 N–H and O–H groups in total. The first-order valence-electron chi connectivity index (χ1n) is 20.7. The molecule has 16 nitrogen and oxygen atoms in total.